The number of hydrogen-bond donors (Lipinski definition) is 1. The first-order chi connectivity index (χ1) is 7.61. The van der Waals surface area contributed by atoms with Gasteiger partial charge in [0, 0.05) is 31.6 Å². The van der Waals surface area contributed by atoms with Crippen LogP contribution in [0.5, 0.6) is 0 Å². The summed E-state index contributed by atoms with van der Waals surface area (Å²) >= 11 is 0. The van der Waals surface area contributed by atoms with E-state index in [2.05, 4.69) is 16.4 Å². The van der Waals surface area contributed by atoms with E-state index in [1.54, 1.807) is 29.9 Å². The Morgan fingerprint density at radius 1 is 1.56 bits per heavy atom. The SMILES string of the molecule is CC(=O)Nc1cc2c(cn1)cc(C#N)n2C. The summed E-state index contributed by atoms with van der Waals surface area (Å²) in [5, 5.41) is 12.4. The van der Waals surface area contributed by atoms with Crippen molar-refractivity contribution in [3.8, 4) is 6.07 Å². The third-order valence-corrected chi connectivity index (χ3v) is 2.35. The van der Waals surface area contributed by atoms with Crippen LogP contribution in [-0.4, -0.2) is 15.5 Å². The Bertz CT molecular complexity index is 606. The van der Waals surface area contributed by atoms with E-state index in [1.807, 2.05) is 0 Å². The van der Waals surface area contributed by atoms with Crippen LogP contribution < -0.4 is 5.32 Å². The monoisotopic (exact) mass is 214 g/mol. The molecule has 0 unspecified atom stereocenters. The lowest BCUT2D eigenvalue weighted by atomic mass is 10.3. The number of rotatable bonds is 1. The van der Waals surface area contributed by atoms with Crippen molar-refractivity contribution >= 4 is 22.6 Å². The highest BCUT2D eigenvalue weighted by atomic mass is 16.1. The van der Waals surface area contributed by atoms with Crippen LogP contribution in [0.3, 0.4) is 0 Å². The van der Waals surface area contributed by atoms with Gasteiger partial charge in [0.25, 0.3) is 0 Å². The molecule has 1 N–H and O–H groups in total. The Labute approximate surface area is 92.3 Å². The number of aromatic nitrogens is 2. The molecule has 2 aromatic rings. The molecule has 0 atom stereocenters. The van der Waals surface area contributed by atoms with Crippen molar-refractivity contribution in [2.24, 2.45) is 7.05 Å². The maximum atomic E-state index is 10.9. The number of carbonyl (C=O) groups is 1. The standard InChI is InChI=1S/C11H10N4O/c1-7(16)14-11-4-10-8(6-13-11)3-9(5-12)15(10)2/h3-4,6H,1-2H3,(H,13,14,16). The predicted octanol–water partition coefficient (Wildman–Crippen LogP) is 1.40. The van der Waals surface area contributed by atoms with Crippen molar-refractivity contribution in [1.82, 2.24) is 9.55 Å². The van der Waals surface area contributed by atoms with Gasteiger partial charge in [-0.1, -0.05) is 0 Å². The molecule has 0 fully saturated rings. The van der Waals surface area contributed by atoms with Crippen LogP contribution in [0.1, 0.15) is 12.6 Å². The van der Waals surface area contributed by atoms with Gasteiger partial charge in [0.15, 0.2) is 0 Å². The van der Waals surface area contributed by atoms with Gasteiger partial charge in [-0.3, -0.25) is 4.79 Å². The maximum Gasteiger partial charge on any atom is 0.222 e. The Morgan fingerprint density at radius 3 is 2.94 bits per heavy atom. The van der Waals surface area contributed by atoms with Gasteiger partial charge in [-0.15, -0.1) is 0 Å². The van der Waals surface area contributed by atoms with Crippen LogP contribution in [0.4, 0.5) is 5.82 Å². The molecule has 5 heteroatoms. The first-order valence-corrected chi connectivity index (χ1v) is 4.75. The topological polar surface area (TPSA) is 70.7 Å². The van der Waals surface area contributed by atoms with Crippen molar-refractivity contribution in [3.63, 3.8) is 0 Å². The molecule has 2 aromatic heterocycles. The van der Waals surface area contributed by atoms with Gasteiger partial charge in [-0.25, -0.2) is 4.98 Å². The minimum atomic E-state index is -0.165. The smallest absolute Gasteiger partial charge is 0.222 e. The molecular weight excluding hydrogens is 204 g/mol. The van der Waals surface area contributed by atoms with Crippen molar-refractivity contribution in [3.05, 3.63) is 24.0 Å². The lowest BCUT2D eigenvalue weighted by Gasteiger charge is -2.02. The van der Waals surface area contributed by atoms with Gasteiger partial charge in [-0.05, 0) is 6.07 Å². The number of carbonyl (C=O) groups excluding carboxylic acids is 1. The van der Waals surface area contributed by atoms with Gasteiger partial charge >= 0.3 is 0 Å². The second kappa shape index (κ2) is 3.66. The number of aryl methyl sites for hydroxylation is 1. The largest absolute Gasteiger partial charge is 0.335 e. The third-order valence-electron chi connectivity index (χ3n) is 2.35. The maximum absolute atomic E-state index is 10.9. The van der Waals surface area contributed by atoms with E-state index in [0.717, 1.165) is 10.9 Å². The number of amides is 1. The van der Waals surface area contributed by atoms with E-state index in [4.69, 9.17) is 5.26 Å². The summed E-state index contributed by atoms with van der Waals surface area (Å²) in [6, 6.07) is 5.60. The summed E-state index contributed by atoms with van der Waals surface area (Å²) in [6.07, 6.45) is 1.64. The minimum absolute atomic E-state index is 0.165. The number of pyridine rings is 1. The third kappa shape index (κ3) is 1.61. The fourth-order valence-electron chi connectivity index (χ4n) is 1.59. The van der Waals surface area contributed by atoms with Crippen molar-refractivity contribution in [2.75, 3.05) is 5.32 Å². The molecule has 0 radical (unpaired) electrons. The van der Waals surface area contributed by atoms with E-state index in [1.165, 1.54) is 6.92 Å². The summed E-state index contributed by atoms with van der Waals surface area (Å²) in [5.74, 6) is 0.326. The Morgan fingerprint density at radius 2 is 2.31 bits per heavy atom. The lowest BCUT2D eigenvalue weighted by Crippen LogP contribution is -2.07. The van der Waals surface area contributed by atoms with Gasteiger partial charge in [0.05, 0.1) is 5.52 Å². The molecule has 0 aliphatic rings. The van der Waals surface area contributed by atoms with Crippen molar-refractivity contribution in [2.45, 2.75) is 6.92 Å². The van der Waals surface area contributed by atoms with E-state index >= 15 is 0 Å². The Balaban J connectivity index is 2.57. The molecule has 1 amide bonds. The molecule has 0 bridgehead atoms. The molecule has 2 heterocycles. The van der Waals surface area contributed by atoms with E-state index < -0.39 is 0 Å². The molecule has 16 heavy (non-hydrogen) atoms. The second-order valence-corrected chi connectivity index (χ2v) is 3.51. The zero-order valence-corrected chi connectivity index (χ0v) is 8.98. The summed E-state index contributed by atoms with van der Waals surface area (Å²) in [6.45, 7) is 1.43. The van der Waals surface area contributed by atoms with Crippen LogP contribution in [0.25, 0.3) is 10.9 Å². The first kappa shape index (κ1) is 10.2. The number of anilines is 1. The van der Waals surface area contributed by atoms with Crippen LogP contribution in [-0.2, 0) is 11.8 Å². The Kier molecular flexibility index (Phi) is 2.33. The van der Waals surface area contributed by atoms with Gasteiger partial charge < -0.3 is 9.88 Å². The summed E-state index contributed by atoms with van der Waals surface area (Å²) in [5.41, 5.74) is 1.44. The molecule has 5 nitrogen and oxygen atoms in total. The lowest BCUT2D eigenvalue weighted by molar-refractivity contribution is -0.114. The van der Waals surface area contributed by atoms with E-state index in [-0.39, 0.29) is 5.91 Å². The van der Waals surface area contributed by atoms with Crippen LogP contribution in [0.15, 0.2) is 18.3 Å². The molecule has 0 aliphatic carbocycles. The molecule has 80 valence electrons. The molecule has 0 saturated carbocycles. The van der Waals surface area contributed by atoms with E-state index in [0.29, 0.717) is 11.5 Å². The van der Waals surface area contributed by atoms with Crippen molar-refractivity contribution < 1.29 is 4.79 Å². The normalized spacial score (nSPS) is 10.1. The van der Waals surface area contributed by atoms with Crippen molar-refractivity contribution in [1.29, 1.82) is 5.26 Å². The number of nitriles is 1. The van der Waals surface area contributed by atoms with Gasteiger partial charge in [0.1, 0.15) is 17.6 Å². The fourth-order valence-corrected chi connectivity index (χ4v) is 1.59. The fraction of sp³-hybridized carbons (Fsp3) is 0.182. The molecule has 0 spiro atoms. The van der Waals surface area contributed by atoms with Crippen LogP contribution >= 0.6 is 0 Å². The zero-order chi connectivity index (χ0) is 11.7. The molecule has 0 saturated heterocycles. The number of nitrogens with zero attached hydrogens (tertiary/aromatic N) is 3. The average molecular weight is 214 g/mol. The molecular formula is C11H10N4O. The predicted molar refractivity (Wildman–Crippen MR) is 59.7 cm³/mol. The van der Waals surface area contributed by atoms with Crippen LogP contribution in [0.2, 0.25) is 0 Å². The summed E-state index contributed by atoms with van der Waals surface area (Å²) < 4.78 is 1.77. The van der Waals surface area contributed by atoms with Gasteiger partial charge in [-0.2, -0.15) is 5.26 Å². The highest BCUT2D eigenvalue weighted by Gasteiger charge is 2.07. The zero-order valence-electron chi connectivity index (χ0n) is 8.98. The summed E-state index contributed by atoms with van der Waals surface area (Å²) in [4.78, 5) is 15.0. The molecule has 0 aromatic carbocycles. The van der Waals surface area contributed by atoms with Gasteiger partial charge in [0.2, 0.25) is 5.91 Å². The van der Waals surface area contributed by atoms with Crippen LogP contribution in [0, 0.1) is 11.3 Å². The molecule has 0 aliphatic heterocycles. The average Bonchev–Trinajstić information content (AvgIpc) is 2.55. The highest BCUT2D eigenvalue weighted by molar-refractivity contribution is 5.91. The number of nitrogens with one attached hydrogen (secondary N) is 1. The minimum Gasteiger partial charge on any atom is -0.335 e. The number of hydrogen-bond acceptors (Lipinski definition) is 3. The highest BCUT2D eigenvalue weighted by Crippen LogP contribution is 2.19. The quantitative estimate of drug-likeness (QED) is 0.780. The second-order valence-electron chi connectivity index (χ2n) is 3.51. The first-order valence-electron chi connectivity index (χ1n) is 4.75. The number of fused-ring (bicyclic) bond motifs is 1. The summed E-state index contributed by atoms with van der Waals surface area (Å²) in [7, 11) is 1.80. The van der Waals surface area contributed by atoms with E-state index in [9.17, 15) is 4.79 Å². The molecule has 2 rings (SSSR count). The Hall–Kier alpha value is -2.35.